The van der Waals surface area contributed by atoms with E-state index in [4.69, 9.17) is 9.84 Å². The van der Waals surface area contributed by atoms with Crippen molar-refractivity contribution in [2.24, 2.45) is 0 Å². The van der Waals surface area contributed by atoms with E-state index in [0.717, 1.165) is 31.9 Å². The molecule has 6 heteroatoms. The van der Waals surface area contributed by atoms with Crippen molar-refractivity contribution < 1.29 is 19.0 Å². The van der Waals surface area contributed by atoms with Gasteiger partial charge in [-0.05, 0) is 31.4 Å². The summed E-state index contributed by atoms with van der Waals surface area (Å²) < 4.78 is 18.9. The zero-order valence-corrected chi connectivity index (χ0v) is 10.9. The summed E-state index contributed by atoms with van der Waals surface area (Å²) in [5.41, 5.74) is 0.616. The van der Waals surface area contributed by atoms with Crippen LogP contribution in [0.3, 0.4) is 0 Å². The van der Waals surface area contributed by atoms with Crippen LogP contribution in [0.1, 0.15) is 35.4 Å². The molecule has 1 aliphatic heterocycles. The number of nitrogens with zero attached hydrogens (tertiary/aromatic N) is 1. The summed E-state index contributed by atoms with van der Waals surface area (Å²) in [6.45, 7) is 0.805. The molecule has 1 saturated heterocycles. The molecule has 20 heavy (non-hydrogen) atoms. The first-order valence-corrected chi connectivity index (χ1v) is 6.66. The van der Waals surface area contributed by atoms with E-state index < -0.39 is 11.8 Å². The van der Waals surface area contributed by atoms with Crippen LogP contribution in [0.25, 0.3) is 11.0 Å². The molecular weight excluding hydrogens is 263 g/mol. The van der Waals surface area contributed by atoms with Gasteiger partial charge < -0.3 is 14.8 Å². The molecule has 106 valence electrons. The van der Waals surface area contributed by atoms with E-state index in [0.29, 0.717) is 23.3 Å². The highest BCUT2D eigenvalue weighted by Crippen LogP contribution is 2.21. The second-order valence-electron chi connectivity index (χ2n) is 5.01. The number of aromatic amines is 1. The number of fused-ring (bicyclic) bond motifs is 1. The van der Waals surface area contributed by atoms with E-state index in [1.54, 1.807) is 0 Å². The fourth-order valence-electron chi connectivity index (χ4n) is 2.58. The average molecular weight is 278 g/mol. The van der Waals surface area contributed by atoms with E-state index in [2.05, 4.69) is 9.97 Å². The van der Waals surface area contributed by atoms with Crippen LogP contribution in [0.15, 0.2) is 12.1 Å². The highest BCUT2D eigenvalue weighted by atomic mass is 19.1. The molecule has 2 aromatic rings. The van der Waals surface area contributed by atoms with Gasteiger partial charge in [-0.1, -0.05) is 0 Å². The number of imidazole rings is 1. The molecule has 0 bridgehead atoms. The molecule has 1 atom stereocenters. The lowest BCUT2D eigenvalue weighted by atomic mass is 10.1. The molecule has 0 spiro atoms. The van der Waals surface area contributed by atoms with Gasteiger partial charge in [0.1, 0.15) is 17.2 Å². The summed E-state index contributed by atoms with van der Waals surface area (Å²) in [5, 5.41) is 9.08. The van der Waals surface area contributed by atoms with Crippen LogP contribution in [-0.4, -0.2) is 33.8 Å². The van der Waals surface area contributed by atoms with Crippen LogP contribution < -0.4 is 0 Å². The first-order chi connectivity index (χ1) is 9.63. The number of ether oxygens (including phenoxy) is 1. The number of hydrogen-bond donors (Lipinski definition) is 2. The number of nitrogens with one attached hydrogen (secondary N) is 1. The Labute approximate surface area is 114 Å². The van der Waals surface area contributed by atoms with Gasteiger partial charge >= 0.3 is 5.97 Å². The van der Waals surface area contributed by atoms with E-state index in [1.807, 2.05) is 0 Å². The molecule has 0 radical (unpaired) electrons. The maximum absolute atomic E-state index is 13.4. The normalized spacial score (nSPS) is 18.8. The van der Waals surface area contributed by atoms with E-state index in [-0.39, 0.29) is 11.7 Å². The van der Waals surface area contributed by atoms with Crippen molar-refractivity contribution >= 4 is 17.0 Å². The van der Waals surface area contributed by atoms with E-state index in [9.17, 15) is 9.18 Å². The zero-order chi connectivity index (χ0) is 14.1. The smallest absolute Gasteiger partial charge is 0.338 e. The second-order valence-corrected chi connectivity index (χ2v) is 5.01. The zero-order valence-electron chi connectivity index (χ0n) is 10.9. The minimum absolute atomic E-state index is 0.111. The molecule has 1 aliphatic rings. The van der Waals surface area contributed by atoms with Gasteiger partial charge in [0.2, 0.25) is 0 Å². The Bertz CT molecular complexity index is 647. The number of carboxylic acid groups (broad SMARTS) is 1. The number of aromatic carboxylic acids is 1. The first-order valence-electron chi connectivity index (χ1n) is 6.66. The minimum atomic E-state index is -1.17. The Hall–Kier alpha value is -1.95. The number of benzene rings is 1. The van der Waals surface area contributed by atoms with Gasteiger partial charge in [-0.15, -0.1) is 0 Å². The molecule has 1 unspecified atom stereocenters. The molecule has 0 aliphatic carbocycles. The van der Waals surface area contributed by atoms with Crippen molar-refractivity contribution in [1.82, 2.24) is 9.97 Å². The van der Waals surface area contributed by atoms with Crippen molar-refractivity contribution in [3.05, 3.63) is 29.3 Å². The van der Waals surface area contributed by atoms with E-state index >= 15 is 0 Å². The number of halogens is 1. The number of H-pyrrole nitrogens is 1. The third-order valence-electron chi connectivity index (χ3n) is 3.56. The van der Waals surface area contributed by atoms with Gasteiger partial charge in [-0.25, -0.2) is 14.2 Å². The Morgan fingerprint density at radius 3 is 3.10 bits per heavy atom. The number of carbonyl (C=O) groups is 1. The maximum atomic E-state index is 13.4. The Balaban J connectivity index is 1.85. The summed E-state index contributed by atoms with van der Waals surface area (Å²) >= 11 is 0. The fourth-order valence-corrected chi connectivity index (χ4v) is 2.58. The predicted molar refractivity (Wildman–Crippen MR) is 70.3 cm³/mol. The van der Waals surface area contributed by atoms with Crippen LogP contribution in [0.2, 0.25) is 0 Å². The lowest BCUT2D eigenvalue weighted by Crippen LogP contribution is -2.06. The fraction of sp³-hybridized carbons (Fsp3) is 0.429. The van der Waals surface area contributed by atoms with Crippen molar-refractivity contribution in [1.29, 1.82) is 0 Å². The van der Waals surface area contributed by atoms with Gasteiger partial charge in [0.05, 0.1) is 17.2 Å². The largest absolute Gasteiger partial charge is 0.478 e. The molecule has 3 rings (SSSR count). The maximum Gasteiger partial charge on any atom is 0.338 e. The van der Waals surface area contributed by atoms with Crippen LogP contribution in [-0.2, 0) is 11.2 Å². The van der Waals surface area contributed by atoms with Crippen molar-refractivity contribution in [2.75, 3.05) is 6.61 Å². The topological polar surface area (TPSA) is 75.2 Å². The molecule has 0 saturated carbocycles. The molecule has 2 heterocycles. The SMILES string of the molecule is O=C(O)c1cc(F)cc2[nH]c(CCC3CCCO3)nc12. The van der Waals surface area contributed by atoms with Gasteiger partial charge in [0.25, 0.3) is 0 Å². The summed E-state index contributed by atoms with van der Waals surface area (Å²) in [6.07, 6.45) is 3.89. The average Bonchev–Trinajstić information content (AvgIpc) is 3.03. The Morgan fingerprint density at radius 2 is 2.40 bits per heavy atom. The Morgan fingerprint density at radius 1 is 1.55 bits per heavy atom. The molecule has 1 fully saturated rings. The van der Waals surface area contributed by atoms with Crippen LogP contribution in [0.4, 0.5) is 4.39 Å². The Kier molecular flexibility index (Phi) is 3.40. The monoisotopic (exact) mass is 278 g/mol. The number of carboxylic acids is 1. The highest BCUT2D eigenvalue weighted by Gasteiger charge is 2.18. The summed E-state index contributed by atoms with van der Waals surface area (Å²) in [6, 6.07) is 2.26. The first kappa shape index (κ1) is 13.1. The number of aromatic nitrogens is 2. The minimum Gasteiger partial charge on any atom is -0.478 e. The van der Waals surface area contributed by atoms with Crippen molar-refractivity contribution in [3.8, 4) is 0 Å². The highest BCUT2D eigenvalue weighted by molar-refractivity contribution is 6.00. The third-order valence-corrected chi connectivity index (χ3v) is 3.56. The molecule has 2 N–H and O–H groups in total. The number of rotatable bonds is 4. The van der Waals surface area contributed by atoms with Gasteiger partial charge in [-0.3, -0.25) is 0 Å². The lowest BCUT2D eigenvalue weighted by molar-refractivity contribution is 0.0698. The standard InChI is InChI=1S/C14H15FN2O3/c15-8-6-10(14(18)19)13-11(7-8)16-12(17-13)4-3-9-2-1-5-20-9/h6-7,9H,1-5H2,(H,16,17)(H,18,19). The van der Waals surface area contributed by atoms with Gasteiger partial charge in [0, 0.05) is 13.0 Å². The number of aryl methyl sites for hydroxylation is 1. The predicted octanol–water partition coefficient (Wildman–Crippen LogP) is 2.51. The van der Waals surface area contributed by atoms with Crippen LogP contribution in [0, 0.1) is 5.82 Å². The van der Waals surface area contributed by atoms with Crippen molar-refractivity contribution in [3.63, 3.8) is 0 Å². The second kappa shape index (κ2) is 5.20. The molecule has 1 aromatic carbocycles. The van der Waals surface area contributed by atoms with Crippen LogP contribution in [0.5, 0.6) is 0 Å². The van der Waals surface area contributed by atoms with Crippen LogP contribution >= 0.6 is 0 Å². The molecule has 1 aromatic heterocycles. The third kappa shape index (κ3) is 2.51. The summed E-state index contributed by atoms with van der Waals surface area (Å²) in [7, 11) is 0. The van der Waals surface area contributed by atoms with Gasteiger partial charge in [-0.2, -0.15) is 0 Å². The summed E-state index contributed by atoms with van der Waals surface area (Å²) in [5.74, 6) is -1.08. The molecular formula is C14H15FN2O3. The van der Waals surface area contributed by atoms with Gasteiger partial charge in [0.15, 0.2) is 0 Å². The lowest BCUT2D eigenvalue weighted by Gasteiger charge is -2.06. The van der Waals surface area contributed by atoms with E-state index in [1.165, 1.54) is 6.07 Å². The molecule has 5 nitrogen and oxygen atoms in total. The number of hydrogen-bond acceptors (Lipinski definition) is 3. The van der Waals surface area contributed by atoms with Crippen molar-refractivity contribution in [2.45, 2.75) is 31.8 Å². The molecule has 0 amide bonds. The summed E-state index contributed by atoms with van der Waals surface area (Å²) in [4.78, 5) is 18.4. The quantitative estimate of drug-likeness (QED) is 0.901.